The van der Waals surface area contributed by atoms with Gasteiger partial charge >= 0.3 is 5.97 Å². The first kappa shape index (κ1) is 13.3. The third kappa shape index (κ3) is 2.83. The molecule has 2 fully saturated rings. The first-order chi connectivity index (χ1) is 8.59. The van der Waals surface area contributed by atoms with Gasteiger partial charge in [-0.1, -0.05) is 0 Å². The molecule has 18 heavy (non-hydrogen) atoms. The zero-order valence-electron chi connectivity index (χ0n) is 10.8. The molecule has 2 aliphatic heterocycles. The van der Waals surface area contributed by atoms with E-state index in [1.54, 1.807) is 6.92 Å². The number of hydrogen-bond donors (Lipinski definition) is 1. The highest BCUT2D eigenvalue weighted by Gasteiger charge is 2.38. The van der Waals surface area contributed by atoms with E-state index in [1.807, 2.05) is 4.90 Å². The third-order valence-corrected chi connectivity index (χ3v) is 4.32. The third-order valence-electron chi connectivity index (χ3n) is 4.32. The molecule has 102 valence electrons. The first-order valence-electron chi connectivity index (χ1n) is 6.65. The van der Waals surface area contributed by atoms with Crippen molar-refractivity contribution in [1.82, 2.24) is 4.90 Å². The molecule has 5 nitrogen and oxygen atoms in total. The summed E-state index contributed by atoms with van der Waals surface area (Å²) in [5, 5.41) is 9.23. The Kier molecular flexibility index (Phi) is 4.22. The first-order valence-corrected chi connectivity index (χ1v) is 6.65. The Bertz CT molecular complexity index is 323. The smallest absolute Gasteiger partial charge is 0.309 e. The molecule has 2 saturated heterocycles. The van der Waals surface area contributed by atoms with Crippen LogP contribution in [0.2, 0.25) is 0 Å². The van der Waals surface area contributed by atoms with Crippen LogP contribution in [0.3, 0.4) is 0 Å². The van der Waals surface area contributed by atoms with Crippen LogP contribution in [0.4, 0.5) is 0 Å². The van der Waals surface area contributed by atoms with Crippen molar-refractivity contribution in [3.63, 3.8) is 0 Å². The van der Waals surface area contributed by atoms with Gasteiger partial charge in [0.15, 0.2) is 0 Å². The number of carboxylic acid groups (broad SMARTS) is 1. The Morgan fingerprint density at radius 1 is 1.22 bits per heavy atom. The van der Waals surface area contributed by atoms with E-state index < -0.39 is 5.97 Å². The summed E-state index contributed by atoms with van der Waals surface area (Å²) in [5.41, 5.74) is 0. The van der Waals surface area contributed by atoms with Gasteiger partial charge in [0.1, 0.15) is 0 Å². The summed E-state index contributed by atoms with van der Waals surface area (Å²) in [6.45, 7) is 4.14. The number of hydrogen-bond acceptors (Lipinski definition) is 3. The molecule has 0 aromatic rings. The minimum atomic E-state index is -0.742. The lowest BCUT2D eigenvalue weighted by molar-refractivity contribution is -0.152. The van der Waals surface area contributed by atoms with Crippen LogP contribution in [0.15, 0.2) is 0 Å². The number of carboxylic acids is 1. The molecule has 0 saturated carbocycles. The number of piperidine rings is 1. The van der Waals surface area contributed by atoms with Crippen molar-refractivity contribution >= 4 is 11.9 Å². The molecule has 2 aliphatic rings. The molecule has 0 unspecified atom stereocenters. The van der Waals surface area contributed by atoms with Gasteiger partial charge in [-0.25, -0.2) is 0 Å². The molecule has 0 radical (unpaired) electrons. The normalized spacial score (nSPS) is 30.2. The summed E-state index contributed by atoms with van der Waals surface area (Å²) in [7, 11) is 0. The maximum Gasteiger partial charge on any atom is 0.309 e. The van der Waals surface area contributed by atoms with Crippen LogP contribution in [0, 0.1) is 17.8 Å². The minimum absolute atomic E-state index is 0.121. The number of nitrogens with zero attached hydrogens (tertiary/aromatic N) is 1. The van der Waals surface area contributed by atoms with Crippen LogP contribution in [0.5, 0.6) is 0 Å². The molecule has 0 aromatic heterocycles. The Balaban J connectivity index is 1.94. The molecule has 1 N–H and O–H groups in total. The fraction of sp³-hybridized carbons (Fsp3) is 0.846. The average Bonchev–Trinajstić information content (AvgIpc) is 2.39. The lowest BCUT2D eigenvalue weighted by atomic mass is 9.74. The number of amides is 1. The van der Waals surface area contributed by atoms with E-state index >= 15 is 0 Å². The fourth-order valence-corrected chi connectivity index (χ4v) is 3.22. The molecule has 0 aromatic carbocycles. The van der Waals surface area contributed by atoms with Crippen LogP contribution in [0.1, 0.15) is 26.2 Å². The van der Waals surface area contributed by atoms with Gasteiger partial charge in [0.2, 0.25) is 5.91 Å². The van der Waals surface area contributed by atoms with Gasteiger partial charge in [-0.3, -0.25) is 9.59 Å². The van der Waals surface area contributed by atoms with Crippen molar-refractivity contribution in [3.05, 3.63) is 0 Å². The summed E-state index contributed by atoms with van der Waals surface area (Å²) in [5.74, 6) is -0.354. The Labute approximate surface area is 107 Å². The highest BCUT2D eigenvalue weighted by atomic mass is 16.5. The minimum Gasteiger partial charge on any atom is -0.481 e. The zero-order chi connectivity index (χ0) is 13.1. The van der Waals surface area contributed by atoms with Gasteiger partial charge in [0.05, 0.1) is 12.5 Å². The van der Waals surface area contributed by atoms with E-state index in [9.17, 15) is 14.7 Å². The molecule has 0 bridgehead atoms. The predicted molar refractivity (Wildman–Crippen MR) is 65.0 cm³/mol. The molecular weight excluding hydrogens is 234 g/mol. The number of carbonyl (C=O) groups is 2. The summed E-state index contributed by atoms with van der Waals surface area (Å²) >= 11 is 0. The molecule has 0 spiro atoms. The molecule has 5 heteroatoms. The van der Waals surface area contributed by atoms with Crippen LogP contribution in [0.25, 0.3) is 0 Å². The van der Waals surface area contributed by atoms with Crippen molar-refractivity contribution in [2.75, 3.05) is 26.3 Å². The van der Waals surface area contributed by atoms with Gasteiger partial charge in [-0.15, -0.1) is 0 Å². The van der Waals surface area contributed by atoms with Crippen molar-refractivity contribution < 1.29 is 19.4 Å². The number of likely N-dealkylation sites (tertiary alicyclic amines) is 1. The van der Waals surface area contributed by atoms with E-state index in [0.29, 0.717) is 19.1 Å². The Hall–Kier alpha value is -1.10. The standard InChI is InChI=1S/C13H21NO4/c1-9(15)14-5-2-10(3-6-14)11-4-7-18-8-12(11)13(16)17/h10-12H,2-8H2,1H3,(H,16,17)/t11-,12-/m1/s1. The SMILES string of the molecule is CC(=O)N1CCC([C@H]2CCOC[C@H]2C(=O)O)CC1. The van der Waals surface area contributed by atoms with Crippen LogP contribution in [-0.2, 0) is 14.3 Å². The monoisotopic (exact) mass is 255 g/mol. The quantitative estimate of drug-likeness (QED) is 0.798. The molecule has 0 aliphatic carbocycles. The summed E-state index contributed by atoms with van der Waals surface area (Å²) in [6.07, 6.45) is 2.68. The van der Waals surface area contributed by atoms with Crippen LogP contribution < -0.4 is 0 Å². The molecule has 2 atom stereocenters. The lowest BCUT2D eigenvalue weighted by Crippen LogP contribution is -2.44. The Morgan fingerprint density at radius 3 is 2.44 bits per heavy atom. The van der Waals surface area contributed by atoms with Gasteiger partial charge in [0.25, 0.3) is 0 Å². The molecule has 2 rings (SSSR count). The fourth-order valence-electron chi connectivity index (χ4n) is 3.22. The van der Waals surface area contributed by atoms with Gasteiger partial charge in [0, 0.05) is 26.6 Å². The number of carbonyl (C=O) groups excluding carboxylic acids is 1. The second kappa shape index (κ2) is 5.69. The van der Waals surface area contributed by atoms with E-state index in [4.69, 9.17) is 4.74 Å². The number of ether oxygens (including phenoxy) is 1. The largest absolute Gasteiger partial charge is 0.481 e. The van der Waals surface area contributed by atoms with E-state index in [1.165, 1.54) is 0 Å². The summed E-state index contributed by atoms with van der Waals surface area (Å²) in [6, 6.07) is 0. The maximum atomic E-state index is 11.3. The molecule has 2 heterocycles. The zero-order valence-corrected chi connectivity index (χ0v) is 10.8. The summed E-state index contributed by atoms with van der Waals surface area (Å²) in [4.78, 5) is 24.4. The van der Waals surface area contributed by atoms with Crippen molar-refractivity contribution in [3.8, 4) is 0 Å². The molecule has 1 amide bonds. The highest BCUT2D eigenvalue weighted by Crippen LogP contribution is 2.35. The van der Waals surface area contributed by atoms with Crippen LogP contribution >= 0.6 is 0 Å². The predicted octanol–water partition coefficient (Wildman–Crippen LogP) is 0.982. The van der Waals surface area contributed by atoms with E-state index in [0.717, 1.165) is 32.4 Å². The second-order valence-electron chi connectivity index (χ2n) is 5.32. The second-order valence-corrected chi connectivity index (χ2v) is 5.32. The average molecular weight is 255 g/mol. The van der Waals surface area contributed by atoms with E-state index in [2.05, 4.69) is 0 Å². The van der Waals surface area contributed by atoms with Gasteiger partial charge in [-0.2, -0.15) is 0 Å². The van der Waals surface area contributed by atoms with Gasteiger partial charge in [-0.05, 0) is 31.1 Å². The highest BCUT2D eigenvalue weighted by molar-refractivity contribution is 5.73. The van der Waals surface area contributed by atoms with Crippen molar-refractivity contribution in [2.24, 2.45) is 17.8 Å². The topological polar surface area (TPSA) is 66.8 Å². The van der Waals surface area contributed by atoms with Crippen molar-refractivity contribution in [2.45, 2.75) is 26.2 Å². The summed E-state index contributed by atoms with van der Waals surface area (Å²) < 4.78 is 5.28. The number of rotatable bonds is 2. The maximum absolute atomic E-state index is 11.3. The number of aliphatic carboxylic acids is 1. The van der Waals surface area contributed by atoms with E-state index in [-0.39, 0.29) is 17.7 Å². The Morgan fingerprint density at radius 2 is 1.89 bits per heavy atom. The lowest BCUT2D eigenvalue weighted by Gasteiger charge is -2.39. The van der Waals surface area contributed by atoms with Crippen LogP contribution in [-0.4, -0.2) is 48.2 Å². The van der Waals surface area contributed by atoms with Crippen molar-refractivity contribution in [1.29, 1.82) is 0 Å². The molecular formula is C13H21NO4. The van der Waals surface area contributed by atoms with Gasteiger partial charge < -0.3 is 14.7 Å².